The molecule has 0 radical (unpaired) electrons. The molecule has 11 rings (SSSR count). The standard InChI is InChI=1S/C54H37N3/c1-5-17-38(18-6-1)39-31-33-43(34-32-39)55(44-35-36-49-47(37-44)46-25-13-14-27-48(46)56(49)41-21-9-3-10-22-41)51-29-16-30-52-54(51)53-45(40-19-7-2-8-20-40)26-15-28-50(53)57(52)42-23-11-4-12-24-42/h1-37H. The highest BCUT2D eigenvalue weighted by atomic mass is 15.1. The molecule has 11 aromatic rings. The Labute approximate surface area is 331 Å². The zero-order valence-corrected chi connectivity index (χ0v) is 31.2. The number of hydrogen-bond acceptors (Lipinski definition) is 1. The molecule has 0 amide bonds. The molecule has 0 saturated heterocycles. The van der Waals surface area contributed by atoms with E-state index in [0.717, 1.165) is 34.0 Å². The number of para-hydroxylation sites is 3. The van der Waals surface area contributed by atoms with Gasteiger partial charge in [0.25, 0.3) is 0 Å². The zero-order valence-electron chi connectivity index (χ0n) is 31.2. The van der Waals surface area contributed by atoms with Crippen LogP contribution in [0.15, 0.2) is 224 Å². The van der Waals surface area contributed by atoms with E-state index in [0.29, 0.717) is 0 Å². The first-order chi connectivity index (χ1) is 28.3. The van der Waals surface area contributed by atoms with Crippen molar-refractivity contribution in [2.24, 2.45) is 0 Å². The SMILES string of the molecule is c1ccc(-c2ccc(N(c3ccc4c(c3)c3ccccc3n4-c3ccccc3)c3cccc4c3c3c(-c5ccccc5)cccc3n4-c3ccccc3)cc2)cc1. The van der Waals surface area contributed by atoms with Crippen molar-refractivity contribution >= 4 is 60.7 Å². The molecule has 9 aromatic carbocycles. The second kappa shape index (κ2) is 13.6. The van der Waals surface area contributed by atoms with E-state index in [9.17, 15) is 0 Å². The number of benzene rings is 9. The quantitative estimate of drug-likeness (QED) is 0.159. The molecule has 2 heterocycles. The summed E-state index contributed by atoms with van der Waals surface area (Å²) in [6.45, 7) is 0. The first-order valence-electron chi connectivity index (χ1n) is 19.5. The summed E-state index contributed by atoms with van der Waals surface area (Å²) < 4.78 is 4.81. The fourth-order valence-corrected chi connectivity index (χ4v) is 8.81. The molecule has 0 unspecified atom stereocenters. The van der Waals surface area contributed by atoms with Gasteiger partial charge in [-0.1, -0.05) is 146 Å². The van der Waals surface area contributed by atoms with E-state index in [4.69, 9.17) is 0 Å². The predicted octanol–water partition coefficient (Wildman–Crippen LogP) is 14.7. The lowest BCUT2D eigenvalue weighted by atomic mass is 9.98. The molecule has 0 aliphatic carbocycles. The summed E-state index contributed by atoms with van der Waals surface area (Å²) in [6.07, 6.45) is 0. The smallest absolute Gasteiger partial charge is 0.0562 e. The Kier molecular flexibility index (Phi) is 7.82. The van der Waals surface area contributed by atoms with Crippen molar-refractivity contribution in [3.05, 3.63) is 224 Å². The summed E-state index contributed by atoms with van der Waals surface area (Å²) >= 11 is 0. The van der Waals surface area contributed by atoms with E-state index in [-0.39, 0.29) is 0 Å². The van der Waals surface area contributed by atoms with Gasteiger partial charge in [0, 0.05) is 44.3 Å². The van der Waals surface area contributed by atoms with Crippen molar-refractivity contribution in [3.63, 3.8) is 0 Å². The van der Waals surface area contributed by atoms with Crippen molar-refractivity contribution < 1.29 is 0 Å². The van der Waals surface area contributed by atoms with E-state index in [1.165, 1.54) is 60.3 Å². The number of hydrogen-bond donors (Lipinski definition) is 0. The number of anilines is 3. The molecule has 0 saturated carbocycles. The summed E-state index contributed by atoms with van der Waals surface area (Å²) in [7, 11) is 0. The van der Waals surface area contributed by atoms with Crippen LogP contribution in [0.25, 0.3) is 77.2 Å². The zero-order chi connectivity index (χ0) is 37.7. The predicted molar refractivity (Wildman–Crippen MR) is 241 cm³/mol. The average molecular weight is 728 g/mol. The molecule has 0 atom stereocenters. The van der Waals surface area contributed by atoms with Gasteiger partial charge in [-0.15, -0.1) is 0 Å². The van der Waals surface area contributed by atoms with Gasteiger partial charge in [-0.3, -0.25) is 0 Å². The van der Waals surface area contributed by atoms with E-state index >= 15 is 0 Å². The van der Waals surface area contributed by atoms with E-state index in [2.05, 4.69) is 238 Å². The van der Waals surface area contributed by atoms with Gasteiger partial charge in [0.2, 0.25) is 0 Å². The lowest BCUT2D eigenvalue weighted by Crippen LogP contribution is -2.10. The van der Waals surface area contributed by atoms with Crippen LogP contribution in [0.3, 0.4) is 0 Å². The van der Waals surface area contributed by atoms with Crippen LogP contribution in [0.2, 0.25) is 0 Å². The van der Waals surface area contributed by atoms with Crippen LogP contribution >= 0.6 is 0 Å². The molecule has 0 fully saturated rings. The van der Waals surface area contributed by atoms with Crippen LogP contribution in [0.1, 0.15) is 0 Å². The largest absolute Gasteiger partial charge is 0.310 e. The van der Waals surface area contributed by atoms with E-state index in [1.807, 2.05) is 0 Å². The number of rotatable bonds is 7. The molecule has 0 spiro atoms. The summed E-state index contributed by atoms with van der Waals surface area (Å²) in [5, 5.41) is 4.87. The Hall–Kier alpha value is -7.62. The van der Waals surface area contributed by atoms with Gasteiger partial charge in [-0.2, -0.15) is 0 Å². The normalized spacial score (nSPS) is 11.5. The van der Waals surface area contributed by atoms with Crippen molar-refractivity contribution in [2.75, 3.05) is 4.90 Å². The lowest BCUT2D eigenvalue weighted by Gasteiger charge is -2.27. The molecule has 57 heavy (non-hydrogen) atoms. The maximum atomic E-state index is 2.46. The fourth-order valence-electron chi connectivity index (χ4n) is 8.81. The Morgan fingerprint density at radius 1 is 0.298 bits per heavy atom. The molecular weight excluding hydrogens is 691 g/mol. The van der Waals surface area contributed by atoms with Crippen LogP contribution in [-0.2, 0) is 0 Å². The second-order valence-electron chi connectivity index (χ2n) is 14.5. The molecule has 3 heteroatoms. The molecule has 0 N–H and O–H groups in total. The minimum absolute atomic E-state index is 1.09. The van der Waals surface area contributed by atoms with Crippen molar-refractivity contribution in [2.45, 2.75) is 0 Å². The van der Waals surface area contributed by atoms with Crippen molar-refractivity contribution in [3.8, 4) is 33.6 Å². The third-order valence-corrected chi connectivity index (χ3v) is 11.3. The second-order valence-corrected chi connectivity index (χ2v) is 14.5. The number of nitrogens with zero attached hydrogens (tertiary/aromatic N) is 3. The van der Waals surface area contributed by atoms with Gasteiger partial charge in [-0.05, 0) is 101 Å². The van der Waals surface area contributed by atoms with E-state index in [1.54, 1.807) is 0 Å². The maximum absolute atomic E-state index is 2.46. The summed E-state index contributed by atoms with van der Waals surface area (Å²) in [4.78, 5) is 2.46. The van der Waals surface area contributed by atoms with E-state index < -0.39 is 0 Å². The maximum Gasteiger partial charge on any atom is 0.0562 e. The summed E-state index contributed by atoms with van der Waals surface area (Å²) in [5.74, 6) is 0. The van der Waals surface area contributed by atoms with Gasteiger partial charge in [0.05, 0.1) is 27.8 Å². The Balaban J connectivity index is 1.22. The Bertz CT molecular complexity index is 3200. The van der Waals surface area contributed by atoms with Gasteiger partial charge in [0.15, 0.2) is 0 Å². The topological polar surface area (TPSA) is 13.1 Å². The molecule has 268 valence electrons. The van der Waals surface area contributed by atoms with Crippen LogP contribution in [0.5, 0.6) is 0 Å². The van der Waals surface area contributed by atoms with Gasteiger partial charge in [-0.25, -0.2) is 0 Å². The van der Waals surface area contributed by atoms with Crippen molar-refractivity contribution in [1.29, 1.82) is 0 Å². The highest BCUT2D eigenvalue weighted by Gasteiger charge is 2.24. The van der Waals surface area contributed by atoms with Crippen LogP contribution in [0, 0.1) is 0 Å². The minimum atomic E-state index is 1.09. The van der Waals surface area contributed by atoms with Crippen LogP contribution in [0.4, 0.5) is 17.1 Å². The molecule has 0 aliphatic rings. The Morgan fingerprint density at radius 3 is 1.47 bits per heavy atom. The molecule has 2 aromatic heterocycles. The molecule has 0 aliphatic heterocycles. The third-order valence-electron chi connectivity index (χ3n) is 11.3. The van der Waals surface area contributed by atoms with Gasteiger partial charge in [0.1, 0.15) is 0 Å². The number of aromatic nitrogens is 2. The minimum Gasteiger partial charge on any atom is -0.310 e. The first-order valence-corrected chi connectivity index (χ1v) is 19.5. The van der Waals surface area contributed by atoms with Crippen LogP contribution in [-0.4, -0.2) is 9.13 Å². The highest BCUT2D eigenvalue weighted by Crippen LogP contribution is 2.47. The van der Waals surface area contributed by atoms with Gasteiger partial charge >= 0.3 is 0 Å². The average Bonchev–Trinajstić information content (AvgIpc) is 3.81. The fraction of sp³-hybridized carbons (Fsp3) is 0. The van der Waals surface area contributed by atoms with Crippen LogP contribution < -0.4 is 4.90 Å². The monoisotopic (exact) mass is 727 g/mol. The van der Waals surface area contributed by atoms with Crippen molar-refractivity contribution in [1.82, 2.24) is 9.13 Å². The first kappa shape index (κ1) is 32.8. The Morgan fingerprint density at radius 2 is 0.789 bits per heavy atom. The summed E-state index contributed by atoms with van der Waals surface area (Å²) in [5.41, 5.74) is 15.1. The lowest BCUT2D eigenvalue weighted by molar-refractivity contribution is 1.18. The molecular formula is C54H37N3. The third kappa shape index (κ3) is 5.43. The molecule has 0 bridgehead atoms. The highest BCUT2D eigenvalue weighted by molar-refractivity contribution is 6.21. The van der Waals surface area contributed by atoms with Gasteiger partial charge < -0.3 is 14.0 Å². The number of fused-ring (bicyclic) bond motifs is 6. The molecule has 3 nitrogen and oxygen atoms in total. The summed E-state index contributed by atoms with van der Waals surface area (Å²) in [6, 6.07) is 81.1.